The van der Waals surface area contributed by atoms with Gasteiger partial charge in [-0.1, -0.05) is 36.6 Å². The summed E-state index contributed by atoms with van der Waals surface area (Å²) in [6.45, 7) is 1.77. The molecule has 1 saturated carbocycles. The van der Waals surface area contributed by atoms with Crippen LogP contribution in [0.1, 0.15) is 44.5 Å². The highest BCUT2D eigenvalue weighted by Crippen LogP contribution is 2.23. The van der Waals surface area contributed by atoms with E-state index in [1.807, 2.05) is 0 Å². The smallest absolute Gasteiger partial charge is 0.319 e. The maximum atomic E-state index is 13.3. The Balaban J connectivity index is 1.73. The van der Waals surface area contributed by atoms with Gasteiger partial charge in [0.25, 0.3) is 5.56 Å². The van der Waals surface area contributed by atoms with E-state index >= 15 is 0 Å². The number of aromatic nitrogens is 2. The Kier molecular flexibility index (Phi) is 5.74. The monoisotopic (exact) mass is 425 g/mol. The molecular formula is C22H24ClN5O2. The lowest BCUT2D eigenvalue weighted by molar-refractivity contribution is 0.248. The van der Waals surface area contributed by atoms with Crippen molar-refractivity contribution in [1.82, 2.24) is 14.9 Å². The van der Waals surface area contributed by atoms with Crippen molar-refractivity contribution in [3.63, 3.8) is 0 Å². The maximum absolute atomic E-state index is 13.3. The second-order valence-corrected chi connectivity index (χ2v) is 8.07. The van der Waals surface area contributed by atoms with Gasteiger partial charge < -0.3 is 16.4 Å². The van der Waals surface area contributed by atoms with E-state index in [-0.39, 0.29) is 17.6 Å². The number of fused-ring (bicyclic) bond motifs is 1. The summed E-state index contributed by atoms with van der Waals surface area (Å²) in [6, 6.07) is 11.7. The molecule has 156 valence electrons. The molecule has 1 atom stereocenters. The fourth-order valence-corrected chi connectivity index (χ4v) is 4.16. The molecule has 4 N–H and O–H groups in total. The summed E-state index contributed by atoms with van der Waals surface area (Å²) >= 11 is 6.28. The first kappa shape index (κ1) is 20.4. The fraction of sp³-hybridized carbons (Fsp3) is 0.318. The Labute approximate surface area is 179 Å². The highest BCUT2D eigenvalue weighted by Gasteiger charge is 2.19. The van der Waals surface area contributed by atoms with Crippen LogP contribution < -0.4 is 21.9 Å². The number of nitrogens with zero attached hydrogens (tertiary/aromatic N) is 2. The van der Waals surface area contributed by atoms with E-state index in [2.05, 4.69) is 15.6 Å². The van der Waals surface area contributed by atoms with Crippen molar-refractivity contribution >= 4 is 34.2 Å². The van der Waals surface area contributed by atoms with Gasteiger partial charge in [0.1, 0.15) is 5.82 Å². The SMILES string of the molecule is C[C@H](N)c1nc2cccc(Cl)c2c(=O)n1-c1cccc(NC(=O)NC2CCCC2)c1. The van der Waals surface area contributed by atoms with Gasteiger partial charge in [-0.15, -0.1) is 0 Å². The number of carbonyl (C=O) groups is 1. The summed E-state index contributed by atoms with van der Waals surface area (Å²) in [5, 5.41) is 6.51. The molecular weight excluding hydrogens is 402 g/mol. The van der Waals surface area contributed by atoms with Crippen molar-refractivity contribution in [2.75, 3.05) is 5.32 Å². The van der Waals surface area contributed by atoms with Gasteiger partial charge in [-0.3, -0.25) is 9.36 Å². The second kappa shape index (κ2) is 8.45. The molecule has 8 heteroatoms. The first-order valence-corrected chi connectivity index (χ1v) is 10.5. The van der Waals surface area contributed by atoms with Gasteiger partial charge in [0.05, 0.1) is 27.7 Å². The first-order valence-electron chi connectivity index (χ1n) is 10.1. The number of benzene rings is 2. The van der Waals surface area contributed by atoms with E-state index in [9.17, 15) is 9.59 Å². The molecule has 2 aromatic carbocycles. The van der Waals surface area contributed by atoms with Crippen LogP contribution in [0.3, 0.4) is 0 Å². The molecule has 0 unspecified atom stereocenters. The molecule has 30 heavy (non-hydrogen) atoms. The van der Waals surface area contributed by atoms with E-state index in [1.54, 1.807) is 49.4 Å². The molecule has 7 nitrogen and oxygen atoms in total. The molecule has 1 aliphatic carbocycles. The number of nitrogens with one attached hydrogen (secondary N) is 2. The summed E-state index contributed by atoms with van der Waals surface area (Å²) in [5.41, 5.74) is 7.46. The molecule has 1 heterocycles. The number of urea groups is 1. The third-order valence-electron chi connectivity index (χ3n) is 5.33. The summed E-state index contributed by atoms with van der Waals surface area (Å²) in [6.07, 6.45) is 4.29. The van der Waals surface area contributed by atoms with E-state index < -0.39 is 6.04 Å². The molecule has 4 rings (SSSR count). The van der Waals surface area contributed by atoms with Crippen molar-refractivity contribution in [3.05, 3.63) is 63.7 Å². The van der Waals surface area contributed by atoms with Crippen LogP contribution >= 0.6 is 11.6 Å². The minimum Gasteiger partial charge on any atom is -0.335 e. The Hall–Kier alpha value is -2.90. The van der Waals surface area contributed by atoms with Crippen molar-refractivity contribution in [2.24, 2.45) is 5.73 Å². The van der Waals surface area contributed by atoms with Gasteiger partial charge in [-0.25, -0.2) is 9.78 Å². The lowest BCUT2D eigenvalue weighted by Crippen LogP contribution is -2.36. The van der Waals surface area contributed by atoms with Crippen LogP contribution in [0.4, 0.5) is 10.5 Å². The first-order chi connectivity index (χ1) is 14.4. The molecule has 0 bridgehead atoms. The number of hydrogen-bond acceptors (Lipinski definition) is 4. The molecule has 0 aliphatic heterocycles. The molecule has 1 aromatic heterocycles. The van der Waals surface area contributed by atoms with E-state index in [0.29, 0.717) is 33.1 Å². The number of carbonyl (C=O) groups excluding carboxylic acids is 1. The van der Waals surface area contributed by atoms with Crippen LogP contribution in [0.25, 0.3) is 16.6 Å². The topological polar surface area (TPSA) is 102 Å². The quantitative estimate of drug-likeness (QED) is 0.585. The summed E-state index contributed by atoms with van der Waals surface area (Å²) in [7, 11) is 0. The number of hydrogen-bond donors (Lipinski definition) is 3. The second-order valence-electron chi connectivity index (χ2n) is 7.66. The number of amides is 2. The van der Waals surface area contributed by atoms with Gasteiger partial charge in [-0.05, 0) is 50.1 Å². The summed E-state index contributed by atoms with van der Waals surface area (Å²) in [5.74, 6) is 0.419. The van der Waals surface area contributed by atoms with Crippen LogP contribution in [0, 0.1) is 0 Å². The van der Waals surface area contributed by atoms with Crippen LogP contribution in [0.2, 0.25) is 5.02 Å². The predicted octanol–water partition coefficient (Wildman–Crippen LogP) is 4.12. The minimum absolute atomic E-state index is 0.215. The van der Waals surface area contributed by atoms with Crippen molar-refractivity contribution in [1.29, 1.82) is 0 Å². The molecule has 0 spiro atoms. The molecule has 1 fully saturated rings. The van der Waals surface area contributed by atoms with Crippen LogP contribution in [0.15, 0.2) is 47.3 Å². The number of nitrogens with two attached hydrogens (primary N) is 1. The van der Waals surface area contributed by atoms with Gasteiger partial charge in [0, 0.05) is 11.7 Å². The third kappa shape index (κ3) is 4.04. The Morgan fingerprint density at radius 2 is 1.97 bits per heavy atom. The molecule has 0 radical (unpaired) electrons. The van der Waals surface area contributed by atoms with Gasteiger partial charge in [0.2, 0.25) is 0 Å². The molecule has 3 aromatic rings. The minimum atomic E-state index is -0.483. The van der Waals surface area contributed by atoms with Gasteiger partial charge in [0.15, 0.2) is 0 Å². The summed E-state index contributed by atoms with van der Waals surface area (Å²) < 4.78 is 1.46. The van der Waals surface area contributed by atoms with Crippen molar-refractivity contribution < 1.29 is 4.79 Å². The zero-order chi connectivity index (χ0) is 21.3. The summed E-state index contributed by atoms with van der Waals surface area (Å²) in [4.78, 5) is 30.2. The average Bonchev–Trinajstić information content (AvgIpc) is 3.20. The lowest BCUT2D eigenvalue weighted by Gasteiger charge is -2.17. The van der Waals surface area contributed by atoms with Gasteiger partial charge in [-0.2, -0.15) is 0 Å². The van der Waals surface area contributed by atoms with Crippen molar-refractivity contribution in [2.45, 2.75) is 44.7 Å². The van der Waals surface area contributed by atoms with Gasteiger partial charge >= 0.3 is 6.03 Å². The van der Waals surface area contributed by atoms with Crippen molar-refractivity contribution in [3.8, 4) is 5.69 Å². The highest BCUT2D eigenvalue weighted by molar-refractivity contribution is 6.35. The molecule has 2 amide bonds. The van der Waals surface area contributed by atoms with E-state index in [0.717, 1.165) is 25.7 Å². The average molecular weight is 426 g/mol. The van der Waals surface area contributed by atoms with Crippen LogP contribution in [-0.4, -0.2) is 21.6 Å². The highest BCUT2D eigenvalue weighted by atomic mass is 35.5. The third-order valence-corrected chi connectivity index (χ3v) is 5.65. The fourth-order valence-electron chi connectivity index (χ4n) is 3.91. The standard InChI is InChI=1S/C22H24ClN5O2/c1-13(24)20-27-18-11-5-10-17(23)19(18)21(29)28(20)16-9-4-8-15(12-16)26-22(30)25-14-6-2-3-7-14/h4-5,8-14H,2-3,6-7,24H2,1H3,(H2,25,26,30)/t13-/m0/s1. The van der Waals surface area contributed by atoms with Crippen LogP contribution in [-0.2, 0) is 0 Å². The maximum Gasteiger partial charge on any atom is 0.319 e. The van der Waals surface area contributed by atoms with E-state index in [1.165, 1.54) is 4.57 Å². The Bertz CT molecular complexity index is 1150. The largest absolute Gasteiger partial charge is 0.335 e. The number of halogens is 1. The predicted molar refractivity (Wildman–Crippen MR) is 119 cm³/mol. The number of anilines is 1. The van der Waals surface area contributed by atoms with E-state index in [4.69, 9.17) is 17.3 Å². The Morgan fingerprint density at radius 3 is 2.70 bits per heavy atom. The zero-order valence-electron chi connectivity index (χ0n) is 16.7. The molecule has 1 aliphatic rings. The Morgan fingerprint density at radius 1 is 1.23 bits per heavy atom. The normalized spacial score (nSPS) is 15.3. The lowest BCUT2D eigenvalue weighted by atomic mass is 10.2. The van der Waals surface area contributed by atoms with Crippen LogP contribution in [0.5, 0.6) is 0 Å². The molecule has 0 saturated heterocycles. The zero-order valence-corrected chi connectivity index (χ0v) is 17.4. The number of rotatable bonds is 4.